The molecule has 0 aliphatic rings. The zero-order valence-electron chi connectivity index (χ0n) is 15.2. The van der Waals surface area contributed by atoms with E-state index >= 15 is 0 Å². The van der Waals surface area contributed by atoms with E-state index in [4.69, 9.17) is 9.47 Å². The zero-order valence-corrected chi connectivity index (χ0v) is 16.0. The van der Waals surface area contributed by atoms with Crippen LogP contribution in [0.5, 0.6) is 0 Å². The van der Waals surface area contributed by atoms with E-state index in [-0.39, 0.29) is 0 Å². The molecule has 0 bridgehead atoms. The summed E-state index contributed by atoms with van der Waals surface area (Å²) in [7, 11) is 3.50. The molecule has 136 valence electrons. The summed E-state index contributed by atoms with van der Waals surface area (Å²) in [5.74, 6) is -0.197. The Kier molecular flexibility index (Phi) is 9.47. The Morgan fingerprint density at radius 3 is 2.16 bits per heavy atom. The van der Waals surface area contributed by atoms with Gasteiger partial charge in [0.25, 0.3) is 0 Å². The van der Waals surface area contributed by atoms with Crippen LogP contribution in [0.3, 0.4) is 0 Å². The molecule has 25 heavy (non-hydrogen) atoms. The maximum Gasteiger partial charge on any atom is 0.354 e. The van der Waals surface area contributed by atoms with Crippen molar-refractivity contribution >= 4 is 23.7 Å². The van der Waals surface area contributed by atoms with E-state index in [1.54, 1.807) is 45.0 Å². The highest BCUT2D eigenvalue weighted by atomic mass is 32.2. The molecule has 0 heterocycles. The molecule has 0 saturated heterocycles. The van der Waals surface area contributed by atoms with Gasteiger partial charge in [0.1, 0.15) is 5.70 Å². The molecule has 1 aromatic carbocycles. The van der Waals surface area contributed by atoms with E-state index in [0.717, 1.165) is 5.56 Å². The van der Waals surface area contributed by atoms with Crippen LogP contribution in [0.25, 0.3) is 0 Å². The van der Waals surface area contributed by atoms with Crippen LogP contribution in [0.2, 0.25) is 0 Å². The third-order valence-electron chi connectivity index (χ3n) is 3.07. The van der Waals surface area contributed by atoms with Crippen molar-refractivity contribution in [1.29, 1.82) is 0 Å². The molecule has 0 spiro atoms. The topological polar surface area (TPSA) is 55.8 Å². The van der Waals surface area contributed by atoms with Gasteiger partial charge in [-0.05, 0) is 31.6 Å². The maximum absolute atomic E-state index is 12.2. The quantitative estimate of drug-likeness (QED) is 0.381. The number of nitrogens with zero attached hydrogens (tertiary/aromatic N) is 1. The van der Waals surface area contributed by atoms with E-state index < -0.39 is 11.9 Å². The first-order valence-electron chi connectivity index (χ1n) is 8.09. The molecular formula is C19H25NO4S. The van der Waals surface area contributed by atoms with Crippen LogP contribution >= 0.6 is 11.8 Å². The smallest absolute Gasteiger partial charge is 0.354 e. The molecule has 1 rings (SSSR count). The van der Waals surface area contributed by atoms with Crippen LogP contribution in [-0.2, 0) is 24.8 Å². The predicted octanol–water partition coefficient (Wildman–Crippen LogP) is 3.38. The first-order chi connectivity index (χ1) is 12.0. The number of likely N-dealkylation sites (N-methyl/N-ethyl adjacent to an activating group) is 1. The number of ether oxygens (including phenoxy) is 2. The second kappa shape index (κ2) is 11.4. The predicted molar refractivity (Wildman–Crippen MR) is 101 cm³/mol. The van der Waals surface area contributed by atoms with Crippen molar-refractivity contribution in [3.63, 3.8) is 0 Å². The van der Waals surface area contributed by atoms with Gasteiger partial charge in [0, 0.05) is 19.8 Å². The van der Waals surface area contributed by atoms with Gasteiger partial charge in [-0.1, -0.05) is 30.3 Å². The lowest BCUT2D eigenvalue weighted by molar-refractivity contribution is -0.140. The van der Waals surface area contributed by atoms with E-state index in [9.17, 15) is 9.59 Å². The van der Waals surface area contributed by atoms with Gasteiger partial charge in [-0.2, -0.15) is 0 Å². The molecule has 0 aliphatic heterocycles. The Labute approximate surface area is 153 Å². The van der Waals surface area contributed by atoms with E-state index in [1.165, 1.54) is 11.8 Å². The van der Waals surface area contributed by atoms with Gasteiger partial charge in [-0.15, -0.1) is 11.8 Å². The van der Waals surface area contributed by atoms with Crippen molar-refractivity contribution in [2.45, 2.75) is 19.6 Å². The molecule has 0 aromatic heterocycles. The average Bonchev–Trinajstić information content (AvgIpc) is 2.58. The SMILES string of the molecule is CCOC(=O)C(=CC=C(C(=O)OCC)N(C)C)SCc1ccccc1. The summed E-state index contributed by atoms with van der Waals surface area (Å²) >= 11 is 1.37. The monoisotopic (exact) mass is 363 g/mol. The van der Waals surface area contributed by atoms with Crippen molar-refractivity contribution in [2.24, 2.45) is 0 Å². The number of benzene rings is 1. The third-order valence-corrected chi connectivity index (χ3v) is 4.16. The van der Waals surface area contributed by atoms with Crippen molar-refractivity contribution in [1.82, 2.24) is 4.90 Å². The van der Waals surface area contributed by atoms with E-state index in [1.807, 2.05) is 30.3 Å². The normalized spacial score (nSPS) is 11.8. The van der Waals surface area contributed by atoms with Gasteiger partial charge in [0.15, 0.2) is 0 Å². The number of rotatable bonds is 9. The Balaban J connectivity index is 2.99. The Hall–Kier alpha value is -2.21. The molecule has 0 fully saturated rings. The second-order valence-electron chi connectivity index (χ2n) is 5.19. The summed E-state index contributed by atoms with van der Waals surface area (Å²) in [4.78, 5) is 26.3. The lowest BCUT2D eigenvalue weighted by Gasteiger charge is -2.15. The Bertz CT molecular complexity index is 624. The number of allylic oxidation sites excluding steroid dienone is 2. The lowest BCUT2D eigenvalue weighted by atomic mass is 10.2. The highest BCUT2D eigenvalue weighted by Gasteiger charge is 2.14. The highest BCUT2D eigenvalue weighted by molar-refractivity contribution is 8.03. The molecule has 0 unspecified atom stereocenters. The van der Waals surface area contributed by atoms with E-state index in [0.29, 0.717) is 29.6 Å². The molecule has 0 N–H and O–H groups in total. The van der Waals surface area contributed by atoms with Gasteiger partial charge in [0.05, 0.1) is 18.1 Å². The third kappa shape index (κ3) is 7.47. The van der Waals surface area contributed by atoms with Crippen LogP contribution in [0, 0.1) is 0 Å². The Morgan fingerprint density at radius 2 is 1.60 bits per heavy atom. The molecule has 0 amide bonds. The van der Waals surface area contributed by atoms with Crippen LogP contribution in [0.1, 0.15) is 19.4 Å². The van der Waals surface area contributed by atoms with Crippen molar-refractivity contribution in [3.8, 4) is 0 Å². The zero-order chi connectivity index (χ0) is 18.7. The maximum atomic E-state index is 12.2. The number of esters is 2. The molecular weight excluding hydrogens is 338 g/mol. The summed E-state index contributed by atoms with van der Waals surface area (Å²) in [6.07, 6.45) is 3.19. The average molecular weight is 363 g/mol. The van der Waals surface area contributed by atoms with Gasteiger partial charge >= 0.3 is 11.9 Å². The van der Waals surface area contributed by atoms with Crippen molar-refractivity contribution in [2.75, 3.05) is 27.3 Å². The fourth-order valence-corrected chi connectivity index (χ4v) is 2.73. The highest BCUT2D eigenvalue weighted by Crippen LogP contribution is 2.23. The number of thioether (sulfide) groups is 1. The van der Waals surface area contributed by atoms with Gasteiger partial charge < -0.3 is 14.4 Å². The van der Waals surface area contributed by atoms with Crippen molar-refractivity contribution < 1.29 is 19.1 Å². The fourth-order valence-electron chi connectivity index (χ4n) is 1.87. The molecule has 5 nitrogen and oxygen atoms in total. The van der Waals surface area contributed by atoms with Crippen LogP contribution < -0.4 is 0 Å². The second-order valence-corrected chi connectivity index (χ2v) is 6.21. The first kappa shape index (κ1) is 20.8. The largest absolute Gasteiger partial charge is 0.462 e. The number of carbonyl (C=O) groups excluding carboxylic acids is 2. The van der Waals surface area contributed by atoms with Gasteiger partial charge in [-0.3, -0.25) is 0 Å². The molecule has 1 aromatic rings. The van der Waals surface area contributed by atoms with E-state index in [2.05, 4.69) is 0 Å². The van der Waals surface area contributed by atoms with Crippen molar-refractivity contribution in [3.05, 3.63) is 58.6 Å². The lowest BCUT2D eigenvalue weighted by Crippen LogP contribution is -2.21. The minimum absolute atomic E-state index is 0.293. The fraction of sp³-hybridized carbons (Fsp3) is 0.368. The molecule has 0 aliphatic carbocycles. The standard InChI is InChI=1S/C19H25NO4S/c1-5-23-18(21)16(20(3)4)12-13-17(19(22)24-6-2)25-14-15-10-8-7-9-11-15/h7-13H,5-6,14H2,1-4H3. The minimum Gasteiger partial charge on any atom is -0.462 e. The molecule has 0 saturated carbocycles. The van der Waals surface area contributed by atoms with Crippen LogP contribution in [-0.4, -0.2) is 44.1 Å². The minimum atomic E-state index is -0.431. The Morgan fingerprint density at radius 1 is 1.00 bits per heavy atom. The number of carbonyl (C=O) groups is 2. The van der Waals surface area contributed by atoms with Gasteiger partial charge in [0.2, 0.25) is 0 Å². The number of hydrogen-bond acceptors (Lipinski definition) is 6. The summed E-state index contributed by atoms with van der Waals surface area (Å²) in [5.41, 5.74) is 1.47. The molecule has 0 radical (unpaired) electrons. The summed E-state index contributed by atoms with van der Waals surface area (Å²) in [6, 6.07) is 9.84. The summed E-state index contributed by atoms with van der Waals surface area (Å²) in [6.45, 7) is 4.10. The molecule has 0 atom stereocenters. The summed E-state index contributed by atoms with van der Waals surface area (Å²) in [5, 5.41) is 0. The van der Waals surface area contributed by atoms with Crippen LogP contribution in [0.4, 0.5) is 0 Å². The molecule has 6 heteroatoms. The first-order valence-corrected chi connectivity index (χ1v) is 9.08. The van der Waals surface area contributed by atoms with Crippen LogP contribution in [0.15, 0.2) is 53.1 Å². The summed E-state index contributed by atoms with van der Waals surface area (Å²) < 4.78 is 10.1. The van der Waals surface area contributed by atoms with Gasteiger partial charge in [-0.25, -0.2) is 9.59 Å². The number of hydrogen-bond donors (Lipinski definition) is 0.